The highest BCUT2D eigenvalue weighted by molar-refractivity contribution is 6.40. The zero-order valence-electron chi connectivity index (χ0n) is 8.86. The quantitative estimate of drug-likeness (QED) is 0.511. The number of hydrogen-bond acceptors (Lipinski definition) is 7. The van der Waals surface area contributed by atoms with Crippen molar-refractivity contribution >= 4 is 40.3 Å². The molecule has 0 bridgehead atoms. The number of nitro benzene ring substituents is 3. The number of nitrogens with zero attached hydrogens (tertiary/aromatic N) is 3. The second kappa shape index (κ2) is 7.28. The molecule has 1 aromatic rings. The Morgan fingerprint density at radius 1 is 0.947 bits per heavy atom. The first-order valence-corrected chi connectivity index (χ1v) is 5.25. The van der Waals surface area contributed by atoms with E-state index in [-0.39, 0.29) is 5.34 Å². The van der Waals surface area contributed by atoms with Crippen LogP contribution in [0.5, 0.6) is 5.75 Å². The van der Waals surface area contributed by atoms with Crippen LogP contribution in [-0.4, -0.2) is 25.2 Å². The summed E-state index contributed by atoms with van der Waals surface area (Å²) in [5.41, 5.74) is -3.00. The average molecular weight is 314 g/mol. The molecule has 0 aliphatic rings. The van der Waals surface area contributed by atoms with Crippen LogP contribution in [-0.2, 0) is 0 Å². The van der Waals surface area contributed by atoms with Crippen LogP contribution in [0.3, 0.4) is 0 Å². The fourth-order valence-corrected chi connectivity index (χ4v) is 0.974. The van der Waals surface area contributed by atoms with Gasteiger partial charge in [-0.3, -0.25) is 30.3 Å². The zero-order valence-corrected chi connectivity index (χ0v) is 10.4. The van der Waals surface area contributed by atoms with Gasteiger partial charge in [-0.1, -0.05) is 0 Å². The highest BCUT2D eigenvalue weighted by Gasteiger charge is 2.29. The van der Waals surface area contributed by atoms with Crippen molar-refractivity contribution in [3.63, 3.8) is 0 Å². The predicted molar refractivity (Wildman–Crippen MR) is 64.6 cm³/mol. The summed E-state index contributed by atoms with van der Waals surface area (Å²) in [5, 5.41) is 40.4. The normalized spacial score (nSPS) is 9.16. The largest absolute Gasteiger partial charge is 0.497 e. The first kappa shape index (κ1) is 16.8. The summed E-state index contributed by atoms with van der Waals surface area (Å²) in [6.45, 7) is 0. The van der Waals surface area contributed by atoms with E-state index in [0.29, 0.717) is 12.1 Å². The van der Waals surface area contributed by atoms with Gasteiger partial charge < -0.3 is 5.11 Å². The maximum absolute atomic E-state index is 10.4. The molecule has 19 heavy (non-hydrogen) atoms. The number of alkyl halides is 2. The molecule has 0 atom stereocenters. The minimum atomic E-state index is -1.21. The predicted octanol–water partition coefficient (Wildman–Crippen LogP) is 2.54. The van der Waals surface area contributed by atoms with Crippen LogP contribution < -0.4 is 0 Å². The Bertz CT molecular complexity index is 486. The highest BCUT2D eigenvalue weighted by atomic mass is 35.5. The van der Waals surface area contributed by atoms with Gasteiger partial charge in [0, 0.05) is 0 Å². The Balaban J connectivity index is 0.000000982. The lowest BCUT2D eigenvalue weighted by molar-refractivity contribution is -0.404. The first-order valence-electron chi connectivity index (χ1n) is 4.18. The van der Waals surface area contributed by atoms with Gasteiger partial charge in [0.05, 0.1) is 32.2 Å². The molecule has 0 spiro atoms. The van der Waals surface area contributed by atoms with Crippen LogP contribution in [0.15, 0.2) is 12.1 Å². The van der Waals surface area contributed by atoms with E-state index < -0.39 is 37.6 Å². The molecule has 1 N–H and O–H groups in total. The summed E-state index contributed by atoms with van der Waals surface area (Å²) in [6, 6.07) is 0.894. The van der Waals surface area contributed by atoms with Crippen molar-refractivity contribution in [2.75, 3.05) is 5.34 Å². The molecule has 10 nitrogen and oxygen atoms in total. The molecule has 0 heterocycles. The van der Waals surface area contributed by atoms with Gasteiger partial charge in [0.1, 0.15) is 0 Å². The molecule has 0 aromatic heterocycles. The lowest BCUT2D eigenvalue weighted by atomic mass is 10.2. The topological polar surface area (TPSA) is 150 Å². The van der Waals surface area contributed by atoms with E-state index in [0.717, 1.165) is 0 Å². The molecule has 0 saturated heterocycles. The number of phenolic OH excluding ortho intramolecular Hbond substituents is 1. The molecule has 0 aliphatic carbocycles. The summed E-state index contributed by atoms with van der Waals surface area (Å²) in [7, 11) is 0. The third kappa shape index (κ3) is 4.52. The molecule has 0 radical (unpaired) electrons. The molecule has 0 saturated carbocycles. The fourth-order valence-electron chi connectivity index (χ4n) is 0.974. The van der Waals surface area contributed by atoms with Crippen LogP contribution in [0, 0.1) is 30.3 Å². The number of benzene rings is 1. The number of non-ortho nitro benzene ring substituents is 1. The van der Waals surface area contributed by atoms with Gasteiger partial charge in [0.15, 0.2) is 0 Å². The zero-order chi connectivity index (χ0) is 15.2. The number of phenols is 1. The Labute approximate surface area is 114 Å². The standard InChI is InChI=1S/C6H3N3O7.CH2Cl2/c10-6-4(8(13)14)1-3(7(11)12)2-5(6)9(15)16;2-1-3/h1-2,10H;1H2. The lowest BCUT2D eigenvalue weighted by Gasteiger charge is -1.97. The van der Waals surface area contributed by atoms with Crippen LogP contribution in [0.1, 0.15) is 0 Å². The van der Waals surface area contributed by atoms with Crippen LogP contribution >= 0.6 is 23.2 Å². The van der Waals surface area contributed by atoms with Crippen molar-refractivity contribution in [3.8, 4) is 5.75 Å². The molecule has 104 valence electrons. The van der Waals surface area contributed by atoms with Crippen molar-refractivity contribution in [3.05, 3.63) is 42.5 Å². The summed E-state index contributed by atoms with van der Waals surface area (Å²) in [4.78, 5) is 27.8. The molecule has 0 aliphatic heterocycles. The van der Waals surface area contributed by atoms with E-state index >= 15 is 0 Å². The summed E-state index contributed by atoms with van der Waals surface area (Å²) >= 11 is 9.53. The van der Waals surface area contributed by atoms with Gasteiger partial charge in [0.2, 0.25) is 0 Å². The van der Waals surface area contributed by atoms with Crippen LogP contribution in [0.2, 0.25) is 0 Å². The SMILES string of the molecule is ClCCl.O=[N+]([O-])c1cc([N+](=O)[O-])c(O)c([N+](=O)[O-])c1. The van der Waals surface area contributed by atoms with E-state index in [1.54, 1.807) is 0 Å². The smallest absolute Gasteiger partial charge is 0.324 e. The van der Waals surface area contributed by atoms with Gasteiger partial charge in [-0.25, -0.2) is 0 Å². The molecular weight excluding hydrogens is 309 g/mol. The number of hydrogen-bond donors (Lipinski definition) is 1. The van der Waals surface area contributed by atoms with Gasteiger partial charge in [0.25, 0.3) is 11.4 Å². The molecule has 0 amide bonds. The monoisotopic (exact) mass is 313 g/mol. The highest BCUT2D eigenvalue weighted by Crippen LogP contribution is 2.38. The van der Waals surface area contributed by atoms with Gasteiger partial charge in [-0.15, -0.1) is 23.2 Å². The van der Waals surface area contributed by atoms with E-state index in [4.69, 9.17) is 28.3 Å². The Hall–Kier alpha value is -2.20. The van der Waals surface area contributed by atoms with Gasteiger partial charge >= 0.3 is 11.4 Å². The summed E-state index contributed by atoms with van der Waals surface area (Å²) < 4.78 is 0. The van der Waals surface area contributed by atoms with E-state index in [1.807, 2.05) is 0 Å². The van der Waals surface area contributed by atoms with Crippen molar-refractivity contribution < 1.29 is 19.9 Å². The maximum Gasteiger partial charge on any atom is 0.324 e. The third-order valence-electron chi connectivity index (χ3n) is 1.66. The minimum absolute atomic E-state index is 0.194. The summed E-state index contributed by atoms with van der Waals surface area (Å²) in [6.07, 6.45) is 0. The average Bonchev–Trinajstić information content (AvgIpc) is 2.29. The molecule has 1 rings (SSSR count). The van der Waals surface area contributed by atoms with Crippen LogP contribution in [0.4, 0.5) is 17.1 Å². The number of aromatic hydroxyl groups is 1. The molecule has 0 unspecified atom stereocenters. The Morgan fingerprint density at radius 2 is 1.26 bits per heavy atom. The minimum Gasteiger partial charge on any atom is -0.497 e. The molecular formula is C7H5Cl2N3O7. The fraction of sp³-hybridized carbons (Fsp3) is 0.143. The van der Waals surface area contributed by atoms with Gasteiger partial charge in [-0.05, 0) is 0 Å². The first-order chi connectivity index (χ1) is 8.76. The Morgan fingerprint density at radius 3 is 1.47 bits per heavy atom. The molecule has 0 fully saturated rings. The number of rotatable bonds is 3. The van der Waals surface area contributed by atoms with E-state index in [2.05, 4.69) is 0 Å². The Kier molecular flexibility index (Phi) is 6.44. The van der Waals surface area contributed by atoms with Crippen molar-refractivity contribution in [1.29, 1.82) is 0 Å². The van der Waals surface area contributed by atoms with E-state index in [1.165, 1.54) is 0 Å². The second-order valence-corrected chi connectivity index (χ2v) is 3.51. The maximum atomic E-state index is 10.4. The van der Waals surface area contributed by atoms with E-state index in [9.17, 15) is 30.3 Å². The van der Waals surface area contributed by atoms with Gasteiger partial charge in [-0.2, -0.15) is 0 Å². The number of halogens is 2. The van der Waals surface area contributed by atoms with Crippen molar-refractivity contribution in [2.24, 2.45) is 0 Å². The number of nitro groups is 3. The summed E-state index contributed by atoms with van der Waals surface area (Å²) in [5.74, 6) is -1.21. The van der Waals surface area contributed by atoms with Crippen LogP contribution in [0.25, 0.3) is 0 Å². The molecule has 12 heteroatoms. The second-order valence-electron chi connectivity index (χ2n) is 2.70. The lowest BCUT2D eigenvalue weighted by Crippen LogP contribution is -1.97. The molecule has 1 aromatic carbocycles. The van der Waals surface area contributed by atoms with Crippen molar-refractivity contribution in [2.45, 2.75) is 0 Å². The third-order valence-corrected chi connectivity index (χ3v) is 1.66. The van der Waals surface area contributed by atoms with Crippen molar-refractivity contribution in [1.82, 2.24) is 0 Å².